The van der Waals surface area contributed by atoms with E-state index >= 15 is 0 Å². The van der Waals surface area contributed by atoms with Crippen LogP contribution in [-0.2, 0) is 9.47 Å². The first-order valence-corrected chi connectivity index (χ1v) is 12.1. The first kappa shape index (κ1) is 29.1. The van der Waals surface area contributed by atoms with Crippen LogP contribution in [-0.4, -0.2) is 73.3 Å². The molecule has 2 aromatic heterocycles. The first-order chi connectivity index (χ1) is 18.4. The molecule has 1 aliphatic rings. The van der Waals surface area contributed by atoms with Crippen molar-refractivity contribution in [3.05, 3.63) is 58.8 Å². The molecule has 1 aromatic carbocycles. The average Bonchev–Trinajstić information content (AvgIpc) is 3.36. The van der Waals surface area contributed by atoms with Gasteiger partial charge in [0, 0.05) is 16.7 Å². The van der Waals surface area contributed by atoms with E-state index in [9.17, 15) is 41.8 Å². The molecule has 0 aliphatic carbocycles. The molecule has 0 spiro atoms. The van der Waals surface area contributed by atoms with Gasteiger partial charge in [0.2, 0.25) is 0 Å². The lowest BCUT2D eigenvalue weighted by Crippen LogP contribution is -2.56. The summed E-state index contributed by atoms with van der Waals surface area (Å²) in [5.41, 5.74) is -1.98. The molecular formula is C22H16ClF6N5O4S. The smallest absolute Gasteiger partial charge is 0.394 e. The van der Waals surface area contributed by atoms with E-state index in [1.54, 1.807) is 0 Å². The molecule has 1 fully saturated rings. The van der Waals surface area contributed by atoms with Crippen LogP contribution in [0, 0.1) is 28.8 Å². The van der Waals surface area contributed by atoms with Crippen molar-refractivity contribution in [2.75, 3.05) is 13.2 Å². The summed E-state index contributed by atoms with van der Waals surface area (Å²) in [5.74, 6) is -4.75. The number of benzene rings is 1. The molecular weight excluding hydrogens is 580 g/mol. The molecule has 3 aromatic rings. The molecule has 0 bridgehead atoms. The Morgan fingerprint density at radius 1 is 1.21 bits per heavy atom. The maximum absolute atomic E-state index is 13.7. The summed E-state index contributed by atoms with van der Waals surface area (Å²) in [5, 5.41) is 37.7. The van der Waals surface area contributed by atoms with E-state index in [0.717, 1.165) is 10.9 Å². The molecule has 0 amide bonds. The van der Waals surface area contributed by atoms with Crippen molar-refractivity contribution in [2.24, 2.45) is 0 Å². The molecule has 9 nitrogen and oxygen atoms in total. The predicted octanol–water partition coefficient (Wildman–Crippen LogP) is 3.64. The van der Waals surface area contributed by atoms with Crippen molar-refractivity contribution in [1.82, 2.24) is 20.0 Å². The van der Waals surface area contributed by atoms with Gasteiger partial charge < -0.3 is 19.7 Å². The van der Waals surface area contributed by atoms with E-state index in [2.05, 4.69) is 15.3 Å². The number of aliphatic hydroxyl groups excluding tert-OH is 2. The summed E-state index contributed by atoms with van der Waals surface area (Å²) in [4.78, 5) is 3.97. The number of alkyl halides is 3. The van der Waals surface area contributed by atoms with Crippen molar-refractivity contribution in [2.45, 2.75) is 40.9 Å². The number of nitrogens with zero attached hydrogens (tertiary/aromatic N) is 5. The molecule has 39 heavy (non-hydrogen) atoms. The highest BCUT2D eigenvalue weighted by atomic mass is 35.5. The summed E-state index contributed by atoms with van der Waals surface area (Å²) < 4.78 is 92.0. The molecule has 0 radical (unpaired) electrons. The van der Waals surface area contributed by atoms with Gasteiger partial charge in [-0.3, -0.25) is 0 Å². The van der Waals surface area contributed by atoms with Crippen molar-refractivity contribution in [3.63, 3.8) is 0 Å². The Labute approximate surface area is 224 Å². The molecule has 2 N–H and O–H groups in total. The number of halogens is 7. The lowest BCUT2D eigenvalue weighted by molar-refractivity contribution is -0.233. The zero-order valence-corrected chi connectivity index (χ0v) is 20.8. The van der Waals surface area contributed by atoms with Crippen molar-refractivity contribution < 1.29 is 46.0 Å². The van der Waals surface area contributed by atoms with Gasteiger partial charge in [0.05, 0.1) is 17.8 Å². The molecule has 1 aliphatic heterocycles. The van der Waals surface area contributed by atoms with Crippen LogP contribution < -0.4 is 0 Å². The van der Waals surface area contributed by atoms with E-state index in [0.29, 0.717) is 23.9 Å². The Morgan fingerprint density at radius 2 is 1.90 bits per heavy atom. The molecule has 17 heteroatoms. The summed E-state index contributed by atoms with van der Waals surface area (Å²) in [6, 6.07) is 2.91. The second-order valence-electron chi connectivity index (χ2n) is 8.17. The highest BCUT2D eigenvalue weighted by Gasteiger charge is 2.49. The second-order valence-corrected chi connectivity index (χ2v) is 9.74. The third-order valence-electron chi connectivity index (χ3n) is 5.53. The maximum Gasteiger partial charge on any atom is 0.411 e. The largest absolute Gasteiger partial charge is 0.411 e. The summed E-state index contributed by atoms with van der Waals surface area (Å²) in [7, 11) is 0. The van der Waals surface area contributed by atoms with E-state index in [-0.39, 0.29) is 26.9 Å². The van der Waals surface area contributed by atoms with Gasteiger partial charge in [-0.2, -0.15) is 18.4 Å². The van der Waals surface area contributed by atoms with Gasteiger partial charge in [-0.1, -0.05) is 28.6 Å². The fraction of sp³-hybridized carbons (Fsp3) is 0.364. The number of rotatable bonds is 7. The fourth-order valence-electron chi connectivity index (χ4n) is 3.80. The highest BCUT2D eigenvalue weighted by Crippen LogP contribution is 2.41. The van der Waals surface area contributed by atoms with Crippen LogP contribution >= 0.6 is 23.4 Å². The van der Waals surface area contributed by atoms with Gasteiger partial charge in [0.15, 0.2) is 23.1 Å². The monoisotopic (exact) mass is 595 g/mol. The molecule has 0 unspecified atom stereocenters. The zero-order chi connectivity index (χ0) is 28.5. The minimum absolute atomic E-state index is 0.107. The normalized spacial score (nSPS) is 23.5. The predicted molar refractivity (Wildman–Crippen MR) is 122 cm³/mol. The highest BCUT2D eigenvalue weighted by molar-refractivity contribution is 7.99. The van der Waals surface area contributed by atoms with Gasteiger partial charge in [-0.05, 0) is 18.2 Å². The van der Waals surface area contributed by atoms with Crippen molar-refractivity contribution in [3.8, 4) is 17.3 Å². The van der Waals surface area contributed by atoms with Crippen LogP contribution in [0.25, 0.3) is 11.3 Å². The van der Waals surface area contributed by atoms with E-state index in [1.165, 1.54) is 12.3 Å². The Hall–Kier alpha value is -2.94. The minimum Gasteiger partial charge on any atom is -0.394 e. The topological polar surface area (TPSA) is 126 Å². The fourth-order valence-corrected chi connectivity index (χ4v) is 5.25. The maximum atomic E-state index is 13.7. The SMILES string of the molecule is N#Cc1ncc(Cl)cc1S[C@H]1O[C@H](CO)[C@H](O)[C@H](n2cc(-c3cc(F)c(F)c(F)c3)nn2)[C@H]1OCC(F)(F)F. The number of thioether (sulfide) groups is 1. The minimum atomic E-state index is -4.80. The Bertz CT molecular complexity index is 1370. The standard InChI is InChI=1S/C22H16ClF6N5O4S/c23-10-3-16(13(4-30)31-5-10)39-21-20(37-8-22(27,28)29)18(19(36)15(7-35)38-21)34-6-14(32-33-34)9-1-11(24)17(26)12(25)2-9/h1-3,5-6,15,18-21,35-36H,7-8H2/t15-,18+,19+,20-,21-/m1/s1. The second kappa shape index (κ2) is 11.7. The molecule has 5 atom stereocenters. The number of pyridine rings is 1. The molecule has 208 valence electrons. The number of hydrogen-bond acceptors (Lipinski definition) is 9. The Balaban J connectivity index is 1.76. The quantitative estimate of drug-likeness (QED) is 0.311. The van der Waals surface area contributed by atoms with Crippen LogP contribution in [0.5, 0.6) is 0 Å². The summed E-state index contributed by atoms with van der Waals surface area (Å²) in [6.45, 7) is -2.56. The Kier molecular flexibility index (Phi) is 8.69. The van der Waals surface area contributed by atoms with Crippen molar-refractivity contribution in [1.29, 1.82) is 5.26 Å². The number of aromatic nitrogens is 4. The van der Waals surface area contributed by atoms with Crippen LogP contribution in [0.15, 0.2) is 35.5 Å². The molecule has 4 rings (SSSR count). The molecule has 1 saturated heterocycles. The summed E-state index contributed by atoms with van der Waals surface area (Å²) in [6.07, 6.45) is -7.29. The average molecular weight is 596 g/mol. The van der Waals surface area contributed by atoms with E-state index < -0.39 is 66.6 Å². The summed E-state index contributed by atoms with van der Waals surface area (Å²) >= 11 is 6.67. The van der Waals surface area contributed by atoms with E-state index in [1.807, 2.05) is 6.07 Å². The van der Waals surface area contributed by atoms with E-state index in [4.69, 9.17) is 21.1 Å². The van der Waals surface area contributed by atoms with Crippen LogP contribution in [0.1, 0.15) is 11.7 Å². The number of hydrogen-bond donors (Lipinski definition) is 2. The third-order valence-corrected chi connectivity index (χ3v) is 6.91. The lowest BCUT2D eigenvalue weighted by atomic mass is 9.97. The van der Waals surface area contributed by atoms with Gasteiger partial charge in [0.25, 0.3) is 0 Å². The zero-order valence-electron chi connectivity index (χ0n) is 19.2. The van der Waals surface area contributed by atoms with Gasteiger partial charge in [-0.15, -0.1) is 5.10 Å². The lowest BCUT2D eigenvalue weighted by Gasteiger charge is -2.43. The van der Waals surface area contributed by atoms with Gasteiger partial charge in [-0.25, -0.2) is 22.8 Å². The van der Waals surface area contributed by atoms with Gasteiger partial charge >= 0.3 is 6.18 Å². The molecule has 3 heterocycles. The van der Waals surface area contributed by atoms with Crippen LogP contribution in [0.4, 0.5) is 26.3 Å². The number of ether oxygens (including phenoxy) is 2. The van der Waals surface area contributed by atoms with Crippen molar-refractivity contribution >= 4 is 23.4 Å². The first-order valence-electron chi connectivity index (χ1n) is 10.8. The van der Waals surface area contributed by atoms with Gasteiger partial charge in [0.1, 0.15) is 48.2 Å². The van der Waals surface area contributed by atoms with Crippen LogP contribution in [0.3, 0.4) is 0 Å². The number of aliphatic hydroxyl groups is 2. The third kappa shape index (κ3) is 6.45. The van der Waals surface area contributed by atoms with Crippen LogP contribution in [0.2, 0.25) is 5.02 Å². The Morgan fingerprint density at radius 3 is 2.51 bits per heavy atom. The number of nitriles is 1. The molecule has 0 saturated carbocycles.